The normalized spacial score (nSPS) is 10.7. The highest BCUT2D eigenvalue weighted by Crippen LogP contribution is 2.17. The first-order valence-corrected chi connectivity index (χ1v) is 5.55. The van der Waals surface area contributed by atoms with Crippen LogP contribution in [0, 0.1) is 0 Å². The van der Waals surface area contributed by atoms with Gasteiger partial charge in [-0.05, 0) is 25.1 Å². The number of hydrogen-bond acceptors (Lipinski definition) is 2. The van der Waals surface area contributed by atoms with E-state index in [1.807, 2.05) is 6.92 Å². The lowest BCUT2D eigenvalue weighted by Crippen LogP contribution is -2.24. The van der Waals surface area contributed by atoms with E-state index >= 15 is 0 Å². The van der Waals surface area contributed by atoms with Crippen LogP contribution in [0.1, 0.15) is 17.3 Å². The first-order chi connectivity index (χ1) is 8.04. The Bertz CT molecular complexity index is 661. The van der Waals surface area contributed by atoms with Crippen LogP contribution >= 0.6 is 11.6 Å². The minimum absolute atomic E-state index is 0.0124. The molecule has 2 aromatic rings. The highest BCUT2D eigenvalue weighted by atomic mass is 35.5. The van der Waals surface area contributed by atoms with Gasteiger partial charge in [-0.3, -0.25) is 9.59 Å². The lowest BCUT2D eigenvalue weighted by Gasteiger charge is -2.10. The van der Waals surface area contributed by atoms with Crippen LogP contribution in [-0.4, -0.2) is 10.5 Å². The van der Waals surface area contributed by atoms with E-state index in [0.29, 0.717) is 17.0 Å². The Kier molecular flexibility index (Phi) is 2.90. The molecule has 0 aliphatic heterocycles. The van der Waals surface area contributed by atoms with Crippen molar-refractivity contribution < 1.29 is 4.79 Å². The number of benzene rings is 1. The van der Waals surface area contributed by atoms with Gasteiger partial charge in [0.05, 0.1) is 5.52 Å². The van der Waals surface area contributed by atoms with Gasteiger partial charge < -0.3 is 10.3 Å². The molecule has 0 radical (unpaired) electrons. The van der Waals surface area contributed by atoms with Crippen LogP contribution in [-0.2, 0) is 6.54 Å². The standard InChI is InChI=1S/C12H11ClN2O2/c1-2-15-6-9(12(14)17)11(16)8-5-7(13)3-4-10(8)15/h3-6H,2H2,1H3,(H2,14,17). The van der Waals surface area contributed by atoms with E-state index in [9.17, 15) is 9.59 Å². The summed E-state index contributed by atoms with van der Waals surface area (Å²) in [6.45, 7) is 2.56. The largest absolute Gasteiger partial charge is 0.365 e. The molecule has 0 atom stereocenters. The van der Waals surface area contributed by atoms with Crippen molar-refractivity contribution in [2.45, 2.75) is 13.5 Å². The number of fused-ring (bicyclic) bond motifs is 1. The van der Waals surface area contributed by atoms with Crippen molar-refractivity contribution >= 4 is 28.4 Å². The Balaban J connectivity index is 2.96. The maximum atomic E-state index is 12.0. The van der Waals surface area contributed by atoms with Crippen molar-refractivity contribution in [2.24, 2.45) is 5.73 Å². The third-order valence-electron chi connectivity index (χ3n) is 2.65. The Labute approximate surface area is 103 Å². The van der Waals surface area contributed by atoms with Gasteiger partial charge in [-0.1, -0.05) is 11.6 Å². The molecule has 4 nitrogen and oxygen atoms in total. The highest BCUT2D eigenvalue weighted by Gasteiger charge is 2.12. The zero-order valence-corrected chi connectivity index (χ0v) is 9.99. The molecule has 1 heterocycles. The van der Waals surface area contributed by atoms with E-state index < -0.39 is 5.91 Å². The average molecular weight is 251 g/mol. The molecule has 0 saturated heterocycles. The SMILES string of the molecule is CCn1cc(C(N)=O)c(=O)c2cc(Cl)ccc21. The number of aromatic nitrogens is 1. The molecule has 2 N–H and O–H groups in total. The molecule has 88 valence electrons. The Hall–Kier alpha value is -1.81. The van der Waals surface area contributed by atoms with Crippen LogP contribution < -0.4 is 11.2 Å². The van der Waals surface area contributed by atoms with E-state index in [1.54, 1.807) is 22.8 Å². The van der Waals surface area contributed by atoms with Gasteiger partial charge in [0.25, 0.3) is 5.91 Å². The summed E-state index contributed by atoms with van der Waals surface area (Å²) in [7, 11) is 0. The summed E-state index contributed by atoms with van der Waals surface area (Å²) in [5.41, 5.74) is 5.54. The number of nitrogens with two attached hydrogens (primary N) is 1. The van der Waals surface area contributed by atoms with Gasteiger partial charge in [0.15, 0.2) is 0 Å². The van der Waals surface area contributed by atoms with Crippen LogP contribution in [0.2, 0.25) is 5.02 Å². The van der Waals surface area contributed by atoms with Gasteiger partial charge in [-0.2, -0.15) is 0 Å². The molecule has 0 unspecified atom stereocenters. The summed E-state index contributed by atoms with van der Waals surface area (Å²) in [6.07, 6.45) is 1.49. The summed E-state index contributed by atoms with van der Waals surface area (Å²) in [5, 5.41) is 0.870. The molecule has 0 saturated carbocycles. The van der Waals surface area contributed by atoms with Crippen LogP contribution in [0.25, 0.3) is 10.9 Å². The first-order valence-electron chi connectivity index (χ1n) is 5.17. The smallest absolute Gasteiger partial charge is 0.254 e. The fourth-order valence-electron chi connectivity index (χ4n) is 1.81. The van der Waals surface area contributed by atoms with Gasteiger partial charge in [-0.15, -0.1) is 0 Å². The van der Waals surface area contributed by atoms with Crippen LogP contribution in [0.4, 0.5) is 0 Å². The highest BCUT2D eigenvalue weighted by molar-refractivity contribution is 6.31. The summed E-state index contributed by atoms with van der Waals surface area (Å²) in [5.74, 6) is -0.723. The van der Waals surface area contributed by atoms with Crippen molar-refractivity contribution in [3.05, 3.63) is 45.2 Å². The summed E-state index contributed by atoms with van der Waals surface area (Å²) in [6, 6.07) is 5.02. The fourth-order valence-corrected chi connectivity index (χ4v) is 1.98. The molecular weight excluding hydrogens is 240 g/mol. The number of halogens is 1. The van der Waals surface area contributed by atoms with Crippen molar-refractivity contribution in [1.82, 2.24) is 4.57 Å². The number of nitrogens with zero attached hydrogens (tertiary/aromatic N) is 1. The van der Waals surface area contributed by atoms with E-state index in [4.69, 9.17) is 17.3 Å². The van der Waals surface area contributed by atoms with Gasteiger partial charge in [-0.25, -0.2) is 0 Å². The Morgan fingerprint density at radius 2 is 2.18 bits per heavy atom. The molecule has 0 spiro atoms. The quantitative estimate of drug-likeness (QED) is 0.883. The zero-order valence-electron chi connectivity index (χ0n) is 9.24. The summed E-state index contributed by atoms with van der Waals surface area (Å²) < 4.78 is 1.80. The average Bonchev–Trinajstić information content (AvgIpc) is 2.29. The van der Waals surface area contributed by atoms with Crippen LogP contribution in [0.5, 0.6) is 0 Å². The van der Waals surface area contributed by atoms with E-state index in [1.165, 1.54) is 6.20 Å². The zero-order chi connectivity index (χ0) is 12.6. The predicted octanol–water partition coefficient (Wildman–Crippen LogP) is 1.77. The maximum absolute atomic E-state index is 12.0. The lowest BCUT2D eigenvalue weighted by atomic mass is 10.1. The van der Waals surface area contributed by atoms with Crippen LogP contribution in [0.15, 0.2) is 29.2 Å². The molecule has 2 rings (SSSR count). The molecule has 1 aromatic carbocycles. The number of aryl methyl sites for hydroxylation is 1. The van der Waals surface area contributed by atoms with Crippen molar-refractivity contribution in [1.29, 1.82) is 0 Å². The minimum Gasteiger partial charge on any atom is -0.365 e. The molecule has 5 heteroatoms. The number of primary amides is 1. The molecule has 0 aliphatic carbocycles. The predicted molar refractivity (Wildman–Crippen MR) is 67.4 cm³/mol. The number of carbonyl (C=O) groups excluding carboxylic acids is 1. The van der Waals surface area contributed by atoms with E-state index in [2.05, 4.69) is 0 Å². The second-order valence-electron chi connectivity index (χ2n) is 3.68. The third-order valence-corrected chi connectivity index (χ3v) is 2.88. The van der Waals surface area contributed by atoms with Gasteiger partial charge in [0, 0.05) is 23.2 Å². The Morgan fingerprint density at radius 3 is 2.76 bits per heavy atom. The summed E-state index contributed by atoms with van der Waals surface area (Å²) in [4.78, 5) is 23.2. The third kappa shape index (κ3) is 1.91. The first kappa shape index (κ1) is 11.7. The molecule has 0 fully saturated rings. The Morgan fingerprint density at radius 1 is 1.47 bits per heavy atom. The molecule has 1 aromatic heterocycles. The summed E-state index contributed by atoms with van der Waals surface area (Å²) >= 11 is 5.85. The maximum Gasteiger partial charge on any atom is 0.254 e. The van der Waals surface area contributed by atoms with E-state index in [-0.39, 0.29) is 11.0 Å². The molecule has 17 heavy (non-hydrogen) atoms. The molecular formula is C12H11ClN2O2. The minimum atomic E-state index is -0.723. The second kappa shape index (κ2) is 4.22. The van der Waals surface area contributed by atoms with E-state index in [0.717, 1.165) is 5.52 Å². The molecule has 1 amide bonds. The van der Waals surface area contributed by atoms with Crippen molar-refractivity contribution in [3.63, 3.8) is 0 Å². The van der Waals surface area contributed by atoms with Gasteiger partial charge in [0.1, 0.15) is 5.56 Å². The van der Waals surface area contributed by atoms with Crippen molar-refractivity contribution in [3.8, 4) is 0 Å². The number of hydrogen-bond donors (Lipinski definition) is 1. The monoisotopic (exact) mass is 250 g/mol. The molecule has 0 bridgehead atoms. The number of carbonyl (C=O) groups is 1. The lowest BCUT2D eigenvalue weighted by molar-refractivity contribution is 0.0999. The second-order valence-corrected chi connectivity index (χ2v) is 4.12. The van der Waals surface area contributed by atoms with Gasteiger partial charge >= 0.3 is 0 Å². The number of rotatable bonds is 2. The number of pyridine rings is 1. The topological polar surface area (TPSA) is 65.1 Å². The number of amides is 1. The van der Waals surface area contributed by atoms with Crippen LogP contribution in [0.3, 0.4) is 0 Å². The molecule has 0 aliphatic rings. The van der Waals surface area contributed by atoms with Crippen molar-refractivity contribution in [2.75, 3.05) is 0 Å². The van der Waals surface area contributed by atoms with Gasteiger partial charge in [0.2, 0.25) is 5.43 Å². The fraction of sp³-hybridized carbons (Fsp3) is 0.167.